The van der Waals surface area contributed by atoms with Crippen LogP contribution >= 0.6 is 11.6 Å². The molecule has 1 aliphatic rings. The normalized spacial score (nSPS) is 15.1. The van der Waals surface area contributed by atoms with Crippen molar-refractivity contribution in [1.82, 2.24) is 15.1 Å². The fraction of sp³-hybridized carbons (Fsp3) is 0.211. The van der Waals surface area contributed by atoms with Gasteiger partial charge in [0.2, 0.25) is 0 Å². The van der Waals surface area contributed by atoms with Gasteiger partial charge in [0.15, 0.2) is 5.82 Å². The van der Waals surface area contributed by atoms with Gasteiger partial charge in [-0.15, -0.1) is 10.2 Å². The van der Waals surface area contributed by atoms with Gasteiger partial charge in [0.25, 0.3) is 0 Å². The van der Waals surface area contributed by atoms with Crippen molar-refractivity contribution in [2.24, 2.45) is 10.7 Å². The molecule has 1 aromatic carbocycles. The number of nitrogens with zero attached hydrogens (tertiary/aromatic N) is 5. The Hall–Kier alpha value is -2.86. The lowest BCUT2D eigenvalue weighted by Gasteiger charge is -2.36. The van der Waals surface area contributed by atoms with Gasteiger partial charge in [0.1, 0.15) is 5.82 Å². The molecule has 0 atom stereocenters. The van der Waals surface area contributed by atoms with E-state index in [1.54, 1.807) is 12.3 Å². The van der Waals surface area contributed by atoms with Crippen LogP contribution in [0.15, 0.2) is 66.1 Å². The fourth-order valence-electron chi connectivity index (χ4n) is 2.76. The molecule has 0 spiro atoms. The molecule has 3 rings (SSSR count). The largest absolute Gasteiger partial charge is 0.405 e. The number of halogens is 1. The van der Waals surface area contributed by atoms with Crippen molar-refractivity contribution in [2.45, 2.75) is 0 Å². The number of hydrogen-bond donors (Lipinski definition) is 1. The number of benzene rings is 1. The molecule has 0 radical (unpaired) electrons. The summed E-state index contributed by atoms with van der Waals surface area (Å²) >= 11 is 6.48. The minimum Gasteiger partial charge on any atom is -0.405 e. The molecule has 1 aromatic heterocycles. The number of hydrogen-bond acceptors (Lipinski definition) is 6. The smallest absolute Gasteiger partial charge is 0.170 e. The lowest BCUT2D eigenvalue weighted by atomic mass is 10.1. The van der Waals surface area contributed by atoms with E-state index in [2.05, 4.69) is 31.6 Å². The zero-order valence-electron chi connectivity index (χ0n) is 14.4. The standard InChI is InChI=1S/C19H21ClN6/c1-15(22-9-5-8-21)25-10-12-26(13-11-25)19-17(20)14-18(23-24-19)16-6-3-2-4-7-16/h2-9,14H,1,10-13,21H2/b8-5-,22-9-. The summed E-state index contributed by atoms with van der Waals surface area (Å²) in [6.45, 7) is 7.13. The van der Waals surface area contributed by atoms with Crippen molar-refractivity contribution >= 4 is 23.6 Å². The molecule has 0 unspecified atom stereocenters. The van der Waals surface area contributed by atoms with Gasteiger partial charge in [-0.25, -0.2) is 4.99 Å². The minimum absolute atomic E-state index is 0.609. The van der Waals surface area contributed by atoms with E-state index in [1.807, 2.05) is 36.4 Å². The van der Waals surface area contributed by atoms with Gasteiger partial charge in [-0.2, -0.15) is 0 Å². The lowest BCUT2D eigenvalue weighted by Crippen LogP contribution is -2.46. The summed E-state index contributed by atoms with van der Waals surface area (Å²) < 4.78 is 0. The van der Waals surface area contributed by atoms with E-state index >= 15 is 0 Å². The number of aromatic nitrogens is 2. The highest BCUT2D eigenvalue weighted by molar-refractivity contribution is 6.33. The highest BCUT2D eigenvalue weighted by Gasteiger charge is 2.21. The molecule has 0 amide bonds. The van der Waals surface area contributed by atoms with Gasteiger partial charge in [-0.05, 0) is 18.3 Å². The number of nitrogens with two attached hydrogens (primary N) is 1. The van der Waals surface area contributed by atoms with Crippen LogP contribution in [0.25, 0.3) is 11.3 Å². The number of aliphatic imine (C=N–C) groups is 1. The minimum atomic E-state index is 0.609. The molecule has 134 valence electrons. The van der Waals surface area contributed by atoms with Crippen LogP contribution in [0.5, 0.6) is 0 Å². The van der Waals surface area contributed by atoms with Crippen molar-refractivity contribution < 1.29 is 0 Å². The Labute approximate surface area is 158 Å². The Kier molecular flexibility index (Phi) is 5.86. The van der Waals surface area contributed by atoms with Gasteiger partial charge < -0.3 is 15.5 Å². The van der Waals surface area contributed by atoms with Gasteiger partial charge in [-0.1, -0.05) is 48.5 Å². The maximum atomic E-state index is 6.48. The zero-order valence-corrected chi connectivity index (χ0v) is 15.2. The Balaban J connectivity index is 1.65. The van der Waals surface area contributed by atoms with Crippen LogP contribution in [0, 0.1) is 0 Å². The Bertz CT molecular complexity index is 810. The molecular formula is C19H21ClN6. The summed E-state index contributed by atoms with van der Waals surface area (Å²) in [5.74, 6) is 1.44. The number of piperazine rings is 1. The van der Waals surface area contributed by atoms with E-state index in [9.17, 15) is 0 Å². The monoisotopic (exact) mass is 368 g/mol. The summed E-state index contributed by atoms with van der Waals surface area (Å²) in [6, 6.07) is 11.8. The highest BCUT2D eigenvalue weighted by atomic mass is 35.5. The molecule has 0 bridgehead atoms. The van der Waals surface area contributed by atoms with Crippen LogP contribution in [0.1, 0.15) is 0 Å². The van der Waals surface area contributed by atoms with Crippen molar-refractivity contribution in [3.63, 3.8) is 0 Å². The first kappa shape index (κ1) is 17.9. The third-order valence-electron chi connectivity index (χ3n) is 4.16. The van der Waals surface area contributed by atoms with E-state index in [0.29, 0.717) is 10.8 Å². The van der Waals surface area contributed by atoms with Crippen LogP contribution < -0.4 is 10.6 Å². The second-order valence-corrected chi connectivity index (χ2v) is 6.23. The average molecular weight is 369 g/mol. The molecular weight excluding hydrogens is 348 g/mol. The molecule has 2 heterocycles. The highest BCUT2D eigenvalue weighted by Crippen LogP contribution is 2.28. The zero-order chi connectivity index (χ0) is 18.4. The van der Waals surface area contributed by atoms with Crippen molar-refractivity contribution in [1.29, 1.82) is 0 Å². The van der Waals surface area contributed by atoms with Gasteiger partial charge in [-0.3, -0.25) is 0 Å². The number of anilines is 1. The molecule has 2 aromatic rings. The Morgan fingerprint density at radius 2 is 1.88 bits per heavy atom. The van der Waals surface area contributed by atoms with Crippen LogP contribution in [-0.2, 0) is 0 Å². The van der Waals surface area contributed by atoms with Crippen LogP contribution in [0.2, 0.25) is 5.02 Å². The molecule has 0 saturated carbocycles. The third kappa shape index (κ3) is 4.21. The first-order valence-corrected chi connectivity index (χ1v) is 8.75. The molecule has 1 fully saturated rings. The molecule has 1 saturated heterocycles. The molecule has 0 aliphatic carbocycles. The molecule has 26 heavy (non-hydrogen) atoms. The van der Waals surface area contributed by atoms with E-state index in [-0.39, 0.29) is 0 Å². The van der Waals surface area contributed by atoms with Crippen molar-refractivity contribution in [2.75, 3.05) is 31.1 Å². The Morgan fingerprint density at radius 3 is 2.54 bits per heavy atom. The molecule has 6 nitrogen and oxygen atoms in total. The summed E-state index contributed by atoms with van der Waals surface area (Å²) in [7, 11) is 0. The van der Waals surface area contributed by atoms with Crippen LogP contribution in [0.4, 0.5) is 5.82 Å². The molecule has 2 N–H and O–H groups in total. The van der Waals surface area contributed by atoms with Crippen LogP contribution in [0.3, 0.4) is 0 Å². The predicted molar refractivity (Wildman–Crippen MR) is 107 cm³/mol. The molecule has 7 heteroatoms. The first-order chi connectivity index (χ1) is 12.7. The van der Waals surface area contributed by atoms with E-state index < -0.39 is 0 Å². The topological polar surface area (TPSA) is 70.6 Å². The van der Waals surface area contributed by atoms with Gasteiger partial charge in [0.05, 0.1) is 10.7 Å². The maximum Gasteiger partial charge on any atom is 0.170 e. The second-order valence-electron chi connectivity index (χ2n) is 5.82. The van der Waals surface area contributed by atoms with E-state index in [1.165, 1.54) is 6.20 Å². The number of allylic oxidation sites excluding steroid dienone is 1. The fourth-order valence-corrected chi connectivity index (χ4v) is 3.02. The SMILES string of the molecule is C=C(/N=C\C=C/N)N1CCN(c2nnc(-c3ccccc3)cc2Cl)CC1. The van der Waals surface area contributed by atoms with E-state index in [4.69, 9.17) is 17.3 Å². The number of rotatable bonds is 5. The van der Waals surface area contributed by atoms with Crippen LogP contribution in [-0.4, -0.2) is 47.5 Å². The average Bonchev–Trinajstić information content (AvgIpc) is 2.69. The predicted octanol–water partition coefficient (Wildman–Crippen LogP) is 2.93. The summed E-state index contributed by atoms with van der Waals surface area (Å²) in [5.41, 5.74) is 7.06. The summed E-state index contributed by atoms with van der Waals surface area (Å²) in [6.07, 6.45) is 4.75. The van der Waals surface area contributed by atoms with E-state index in [0.717, 1.165) is 43.3 Å². The van der Waals surface area contributed by atoms with Crippen molar-refractivity contribution in [3.8, 4) is 11.3 Å². The maximum absolute atomic E-state index is 6.48. The van der Waals surface area contributed by atoms with Crippen molar-refractivity contribution in [3.05, 3.63) is 66.1 Å². The second kappa shape index (κ2) is 8.49. The summed E-state index contributed by atoms with van der Waals surface area (Å²) in [5, 5.41) is 9.31. The lowest BCUT2D eigenvalue weighted by molar-refractivity contribution is 0.319. The summed E-state index contributed by atoms with van der Waals surface area (Å²) in [4.78, 5) is 8.52. The van der Waals surface area contributed by atoms with Gasteiger partial charge in [0, 0.05) is 38.0 Å². The first-order valence-electron chi connectivity index (χ1n) is 8.37. The van der Waals surface area contributed by atoms with Gasteiger partial charge >= 0.3 is 0 Å². The Morgan fingerprint density at radius 1 is 1.15 bits per heavy atom. The quantitative estimate of drug-likeness (QED) is 0.821. The molecule has 1 aliphatic heterocycles. The third-order valence-corrected chi connectivity index (χ3v) is 4.44.